The first-order chi connectivity index (χ1) is 9.21. The van der Waals surface area contributed by atoms with Crippen LogP contribution in [0.1, 0.15) is 26.3 Å². The van der Waals surface area contributed by atoms with Crippen LogP contribution in [-0.2, 0) is 16.0 Å². The summed E-state index contributed by atoms with van der Waals surface area (Å²) in [5.74, 6) is -1.51. The Balaban J connectivity index is 2.67. The summed E-state index contributed by atoms with van der Waals surface area (Å²) in [4.78, 5) is 23.2. The van der Waals surface area contributed by atoms with E-state index in [1.165, 1.54) is 0 Å². The number of benzene rings is 1. The van der Waals surface area contributed by atoms with Crippen molar-refractivity contribution in [2.75, 3.05) is 0 Å². The third-order valence-electron chi connectivity index (χ3n) is 3.03. The maximum absolute atomic E-state index is 12.0. The van der Waals surface area contributed by atoms with Crippen molar-refractivity contribution in [3.8, 4) is 0 Å². The van der Waals surface area contributed by atoms with Crippen molar-refractivity contribution in [3.63, 3.8) is 0 Å². The number of carboxylic acids is 1. The molecule has 0 aliphatic rings. The first-order valence-corrected chi connectivity index (χ1v) is 6.54. The lowest BCUT2D eigenvalue weighted by molar-refractivity contribution is -0.145. The highest BCUT2D eigenvalue weighted by atomic mass is 16.4. The number of hydrogen-bond acceptors (Lipinski definition) is 3. The average Bonchev–Trinajstić information content (AvgIpc) is 2.34. The monoisotopic (exact) mass is 278 g/mol. The van der Waals surface area contributed by atoms with Crippen LogP contribution in [0.3, 0.4) is 0 Å². The molecule has 0 spiro atoms. The van der Waals surface area contributed by atoms with Crippen LogP contribution in [0.2, 0.25) is 0 Å². The van der Waals surface area contributed by atoms with Gasteiger partial charge in [0.15, 0.2) is 0 Å². The van der Waals surface area contributed by atoms with Gasteiger partial charge < -0.3 is 16.2 Å². The smallest absolute Gasteiger partial charge is 0.326 e. The van der Waals surface area contributed by atoms with Gasteiger partial charge in [0.25, 0.3) is 0 Å². The molecule has 4 N–H and O–H groups in total. The molecule has 0 bridgehead atoms. The number of nitrogens with one attached hydrogen (secondary N) is 1. The van der Waals surface area contributed by atoms with E-state index in [1.54, 1.807) is 20.8 Å². The Hall–Kier alpha value is -1.88. The van der Waals surface area contributed by atoms with Gasteiger partial charge in [-0.1, -0.05) is 51.1 Å². The molecule has 0 aliphatic heterocycles. The quantitative estimate of drug-likeness (QED) is 0.754. The van der Waals surface area contributed by atoms with E-state index in [1.807, 2.05) is 30.3 Å². The SMILES string of the molecule is CC(C)(C)[C@@H](NC(=O)[C@H](N)Cc1ccccc1)C(=O)O. The van der Waals surface area contributed by atoms with Gasteiger partial charge in [0.1, 0.15) is 6.04 Å². The van der Waals surface area contributed by atoms with Crippen LogP contribution in [0.4, 0.5) is 0 Å². The minimum Gasteiger partial charge on any atom is -0.480 e. The Bertz CT molecular complexity index is 466. The summed E-state index contributed by atoms with van der Waals surface area (Å²) in [6.07, 6.45) is 0.378. The Morgan fingerprint density at radius 2 is 1.80 bits per heavy atom. The van der Waals surface area contributed by atoms with Gasteiger partial charge in [0.2, 0.25) is 5.91 Å². The number of rotatable bonds is 5. The third-order valence-corrected chi connectivity index (χ3v) is 3.03. The Labute approximate surface area is 119 Å². The molecule has 110 valence electrons. The van der Waals surface area contributed by atoms with Gasteiger partial charge >= 0.3 is 5.97 Å². The molecule has 0 fully saturated rings. The van der Waals surface area contributed by atoms with Gasteiger partial charge in [0.05, 0.1) is 6.04 Å². The first kappa shape index (κ1) is 16.2. The number of aliphatic carboxylic acids is 1. The number of carbonyl (C=O) groups is 2. The summed E-state index contributed by atoms with van der Waals surface area (Å²) in [6, 6.07) is 7.66. The molecule has 1 amide bonds. The summed E-state index contributed by atoms with van der Waals surface area (Å²) in [5.41, 5.74) is 6.20. The van der Waals surface area contributed by atoms with Crippen molar-refractivity contribution in [1.82, 2.24) is 5.32 Å². The van der Waals surface area contributed by atoms with E-state index in [0.29, 0.717) is 6.42 Å². The molecular weight excluding hydrogens is 256 g/mol. The minimum absolute atomic E-state index is 0.378. The summed E-state index contributed by atoms with van der Waals surface area (Å²) in [6.45, 7) is 5.28. The van der Waals surface area contributed by atoms with Gasteiger partial charge in [-0.3, -0.25) is 4.79 Å². The molecule has 0 radical (unpaired) electrons. The van der Waals surface area contributed by atoms with Gasteiger partial charge in [-0.25, -0.2) is 4.79 Å². The van der Waals surface area contributed by atoms with E-state index in [2.05, 4.69) is 5.32 Å². The van der Waals surface area contributed by atoms with Crippen molar-refractivity contribution in [3.05, 3.63) is 35.9 Å². The lowest BCUT2D eigenvalue weighted by atomic mass is 9.86. The maximum atomic E-state index is 12.0. The fourth-order valence-electron chi connectivity index (χ4n) is 1.86. The van der Waals surface area contributed by atoms with Crippen molar-refractivity contribution in [2.24, 2.45) is 11.1 Å². The summed E-state index contributed by atoms with van der Waals surface area (Å²) in [5, 5.41) is 11.7. The second-order valence-corrected chi connectivity index (χ2v) is 5.94. The fraction of sp³-hybridized carbons (Fsp3) is 0.467. The van der Waals surface area contributed by atoms with Gasteiger partial charge in [0, 0.05) is 0 Å². The molecule has 1 aromatic rings. The molecule has 1 aromatic carbocycles. The average molecular weight is 278 g/mol. The number of hydrogen-bond donors (Lipinski definition) is 3. The topological polar surface area (TPSA) is 92.4 Å². The number of carbonyl (C=O) groups excluding carboxylic acids is 1. The van der Waals surface area contributed by atoms with E-state index in [-0.39, 0.29) is 0 Å². The molecule has 0 saturated carbocycles. The maximum Gasteiger partial charge on any atom is 0.326 e. The third kappa shape index (κ3) is 4.66. The van der Waals surface area contributed by atoms with E-state index in [0.717, 1.165) is 5.56 Å². The predicted octanol–water partition coefficient (Wildman–Crippen LogP) is 1.17. The molecule has 2 atom stereocenters. The zero-order valence-corrected chi connectivity index (χ0v) is 12.1. The van der Waals surface area contributed by atoms with Crippen LogP contribution in [-0.4, -0.2) is 29.1 Å². The zero-order chi connectivity index (χ0) is 15.3. The van der Waals surface area contributed by atoms with Gasteiger partial charge in [-0.15, -0.1) is 0 Å². The molecular formula is C15H22N2O3. The molecule has 0 unspecified atom stereocenters. The predicted molar refractivity (Wildman–Crippen MR) is 77.1 cm³/mol. The highest BCUT2D eigenvalue weighted by Gasteiger charge is 2.33. The van der Waals surface area contributed by atoms with Gasteiger partial charge in [-0.2, -0.15) is 0 Å². The molecule has 0 heterocycles. The second kappa shape index (κ2) is 6.52. The minimum atomic E-state index is -1.06. The summed E-state index contributed by atoms with van der Waals surface area (Å²) >= 11 is 0. The number of nitrogens with two attached hydrogens (primary N) is 1. The van der Waals surface area contributed by atoms with Crippen molar-refractivity contribution in [1.29, 1.82) is 0 Å². The van der Waals surface area contributed by atoms with Crippen molar-refractivity contribution < 1.29 is 14.7 Å². The molecule has 0 aliphatic carbocycles. The van der Waals surface area contributed by atoms with Crippen LogP contribution in [0, 0.1) is 5.41 Å². The lowest BCUT2D eigenvalue weighted by Crippen LogP contribution is -2.54. The molecule has 0 saturated heterocycles. The van der Waals surface area contributed by atoms with E-state index in [4.69, 9.17) is 5.73 Å². The van der Waals surface area contributed by atoms with E-state index < -0.39 is 29.4 Å². The van der Waals surface area contributed by atoms with E-state index in [9.17, 15) is 14.7 Å². The fourth-order valence-corrected chi connectivity index (χ4v) is 1.86. The number of amides is 1. The standard InChI is InChI=1S/C15H22N2O3/c1-15(2,3)12(14(19)20)17-13(18)11(16)9-10-7-5-4-6-8-10/h4-8,11-12H,9,16H2,1-3H3,(H,17,18)(H,19,20)/t11-,12+/m1/s1. The van der Waals surface area contributed by atoms with Crippen molar-refractivity contribution >= 4 is 11.9 Å². The molecule has 0 aromatic heterocycles. The Morgan fingerprint density at radius 1 is 1.25 bits per heavy atom. The van der Waals surface area contributed by atoms with Crippen LogP contribution in [0.15, 0.2) is 30.3 Å². The Kier molecular flexibility index (Phi) is 5.27. The summed E-state index contributed by atoms with van der Waals surface area (Å²) in [7, 11) is 0. The Morgan fingerprint density at radius 3 is 2.25 bits per heavy atom. The van der Waals surface area contributed by atoms with Gasteiger partial charge in [-0.05, 0) is 17.4 Å². The molecule has 5 heteroatoms. The van der Waals surface area contributed by atoms with Crippen LogP contribution >= 0.6 is 0 Å². The van der Waals surface area contributed by atoms with Crippen LogP contribution in [0.5, 0.6) is 0 Å². The lowest BCUT2D eigenvalue weighted by Gasteiger charge is -2.28. The van der Waals surface area contributed by atoms with Crippen LogP contribution < -0.4 is 11.1 Å². The molecule has 20 heavy (non-hydrogen) atoms. The second-order valence-electron chi connectivity index (χ2n) is 5.94. The molecule has 1 rings (SSSR count). The highest BCUT2D eigenvalue weighted by molar-refractivity contribution is 5.87. The first-order valence-electron chi connectivity index (χ1n) is 6.54. The normalized spacial score (nSPS) is 14.4. The highest BCUT2D eigenvalue weighted by Crippen LogP contribution is 2.19. The number of carboxylic acid groups (broad SMARTS) is 1. The molecule has 5 nitrogen and oxygen atoms in total. The van der Waals surface area contributed by atoms with Crippen LogP contribution in [0.25, 0.3) is 0 Å². The summed E-state index contributed by atoms with van der Waals surface area (Å²) < 4.78 is 0. The van der Waals surface area contributed by atoms with Crippen molar-refractivity contribution in [2.45, 2.75) is 39.3 Å². The van der Waals surface area contributed by atoms with E-state index >= 15 is 0 Å². The zero-order valence-electron chi connectivity index (χ0n) is 12.1. The largest absolute Gasteiger partial charge is 0.480 e.